The summed E-state index contributed by atoms with van der Waals surface area (Å²) in [7, 11) is 1.32. The maximum Gasteiger partial charge on any atom is 0.341 e. The predicted octanol–water partition coefficient (Wildman–Crippen LogP) is 3.76. The second kappa shape index (κ2) is 8.04. The van der Waals surface area contributed by atoms with E-state index in [4.69, 9.17) is 13.9 Å². The van der Waals surface area contributed by atoms with Gasteiger partial charge in [0.05, 0.1) is 7.11 Å². The SMILES string of the molecule is COC(=O)c1cc(COc2ccc(C(=O)Nn3c(C)ccc3C)cc2)oc1C. The molecule has 2 heterocycles. The van der Waals surface area contributed by atoms with Gasteiger partial charge < -0.3 is 13.9 Å². The zero-order chi connectivity index (χ0) is 20.3. The molecule has 7 nitrogen and oxygen atoms in total. The summed E-state index contributed by atoms with van der Waals surface area (Å²) in [5.74, 6) is 0.916. The third kappa shape index (κ3) is 4.09. The number of nitrogens with zero attached hydrogens (tertiary/aromatic N) is 1. The smallest absolute Gasteiger partial charge is 0.341 e. The van der Waals surface area contributed by atoms with Crippen LogP contribution >= 0.6 is 0 Å². The molecule has 3 aromatic rings. The van der Waals surface area contributed by atoms with Gasteiger partial charge in [0.25, 0.3) is 5.91 Å². The molecule has 0 bridgehead atoms. The lowest BCUT2D eigenvalue weighted by atomic mass is 10.2. The van der Waals surface area contributed by atoms with Crippen LogP contribution in [0, 0.1) is 20.8 Å². The summed E-state index contributed by atoms with van der Waals surface area (Å²) >= 11 is 0. The summed E-state index contributed by atoms with van der Waals surface area (Å²) < 4.78 is 17.6. The Morgan fingerprint density at radius 2 is 1.68 bits per heavy atom. The lowest BCUT2D eigenvalue weighted by Gasteiger charge is -2.11. The zero-order valence-electron chi connectivity index (χ0n) is 16.2. The van der Waals surface area contributed by atoms with Crippen molar-refractivity contribution in [3.8, 4) is 5.75 Å². The van der Waals surface area contributed by atoms with Crippen molar-refractivity contribution in [2.75, 3.05) is 12.5 Å². The molecular formula is C21H22N2O5. The zero-order valence-corrected chi connectivity index (χ0v) is 16.2. The molecule has 1 aromatic carbocycles. The summed E-state index contributed by atoms with van der Waals surface area (Å²) in [6.45, 7) is 5.70. The molecule has 28 heavy (non-hydrogen) atoms. The van der Waals surface area contributed by atoms with Crippen LogP contribution in [0.3, 0.4) is 0 Å². The molecule has 0 atom stereocenters. The summed E-state index contributed by atoms with van der Waals surface area (Å²) in [5.41, 5.74) is 5.65. The highest BCUT2D eigenvalue weighted by Gasteiger charge is 2.15. The Bertz CT molecular complexity index is 979. The van der Waals surface area contributed by atoms with Gasteiger partial charge in [0.2, 0.25) is 0 Å². The Balaban J connectivity index is 1.62. The van der Waals surface area contributed by atoms with Crippen molar-refractivity contribution in [3.05, 3.63) is 76.5 Å². The third-order valence-corrected chi connectivity index (χ3v) is 4.36. The van der Waals surface area contributed by atoms with Crippen molar-refractivity contribution < 1.29 is 23.5 Å². The van der Waals surface area contributed by atoms with E-state index in [2.05, 4.69) is 5.43 Å². The van der Waals surface area contributed by atoms with Crippen molar-refractivity contribution >= 4 is 11.9 Å². The Hall–Kier alpha value is -3.48. The number of hydrogen-bond donors (Lipinski definition) is 1. The normalized spacial score (nSPS) is 10.6. The van der Waals surface area contributed by atoms with Crippen molar-refractivity contribution in [2.24, 2.45) is 0 Å². The average Bonchev–Trinajstić information content (AvgIpc) is 3.22. The maximum absolute atomic E-state index is 12.4. The van der Waals surface area contributed by atoms with Crippen molar-refractivity contribution in [3.63, 3.8) is 0 Å². The van der Waals surface area contributed by atoms with Crippen LogP contribution in [-0.4, -0.2) is 23.7 Å². The van der Waals surface area contributed by atoms with Crippen molar-refractivity contribution in [1.29, 1.82) is 0 Å². The molecule has 1 N–H and O–H groups in total. The van der Waals surface area contributed by atoms with Gasteiger partial charge in [-0.2, -0.15) is 0 Å². The summed E-state index contributed by atoms with van der Waals surface area (Å²) in [4.78, 5) is 24.0. The maximum atomic E-state index is 12.4. The fraction of sp³-hybridized carbons (Fsp3) is 0.238. The highest BCUT2D eigenvalue weighted by atomic mass is 16.5. The number of aryl methyl sites for hydroxylation is 3. The molecule has 7 heteroatoms. The molecule has 0 unspecified atom stereocenters. The first-order chi connectivity index (χ1) is 13.4. The minimum atomic E-state index is -0.448. The van der Waals surface area contributed by atoms with Crippen LogP contribution in [0.25, 0.3) is 0 Å². The highest BCUT2D eigenvalue weighted by Crippen LogP contribution is 2.19. The van der Waals surface area contributed by atoms with E-state index >= 15 is 0 Å². The van der Waals surface area contributed by atoms with Crippen LogP contribution in [0.15, 0.2) is 46.9 Å². The van der Waals surface area contributed by atoms with Gasteiger partial charge in [-0.3, -0.25) is 14.9 Å². The Morgan fingerprint density at radius 3 is 2.29 bits per heavy atom. The molecular weight excluding hydrogens is 360 g/mol. The summed E-state index contributed by atoms with van der Waals surface area (Å²) in [6, 6.07) is 12.3. The molecule has 1 amide bonds. The second-order valence-electron chi connectivity index (χ2n) is 6.38. The van der Waals surface area contributed by atoms with Gasteiger partial charge in [-0.25, -0.2) is 4.79 Å². The van der Waals surface area contributed by atoms with E-state index in [0.717, 1.165) is 11.4 Å². The number of aromatic nitrogens is 1. The quantitative estimate of drug-likeness (QED) is 0.657. The number of carbonyl (C=O) groups excluding carboxylic acids is 2. The van der Waals surface area contributed by atoms with Crippen LogP contribution in [-0.2, 0) is 11.3 Å². The van der Waals surface area contributed by atoms with Crippen LogP contribution < -0.4 is 10.2 Å². The van der Waals surface area contributed by atoms with E-state index in [1.807, 2.05) is 26.0 Å². The number of methoxy groups -OCH3 is 1. The standard InChI is InChI=1S/C21H22N2O5/c1-13-5-6-14(2)23(13)22-20(24)16-7-9-17(10-8-16)27-12-18-11-19(15(3)28-18)21(25)26-4/h5-11H,12H2,1-4H3,(H,22,24). The van der Waals surface area contributed by atoms with E-state index in [0.29, 0.717) is 28.4 Å². The molecule has 3 rings (SSSR count). The van der Waals surface area contributed by atoms with Gasteiger partial charge in [-0.1, -0.05) is 0 Å². The topological polar surface area (TPSA) is 82.7 Å². The van der Waals surface area contributed by atoms with Gasteiger partial charge in [-0.05, 0) is 63.2 Å². The monoisotopic (exact) mass is 382 g/mol. The lowest BCUT2D eigenvalue weighted by Crippen LogP contribution is -2.24. The molecule has 0 aliphatic carbocycles. The first-order valence-electron chi connectivity index (χ1n) is 8.76. The number of benzene rings is 1. The van der Waals surface area contributed by atoms with Crippen LogP contribution in [0.1, 0.15) is 43.6 Å². The largest absolute Gasteiger partial charge is 0.486 e. The van der Waals surface area contributed by atoms with Crippen LogP contribution in [0.5, 0.6) is 5.75 Å². The number of esters is 1. The first-order valence-corrected chi connectivity index (χ1v) is 8.76. The van der Waals surface area contributed by atoms with Gasteiger partial charge in [0, 0.05) is 17.0 Å². The number of amides is 1. The predicted molar refractivity (Wildman–Crippen MR) is 103 cm³/mol. The van der Waals surface area contributed by atoms with E-state index in [9.17, 15) is 9.59 Å². The summed E-state index contributed by atoms with van der Waals surface area (Å²) in [5, 5.41) is 0. The van der Waals surface area contributed by atoms with Crippen molar-refractivity contribution in [2.45, 2.75) is 27.4 Å². The number of ether oxygens (including phenoxy) is 2. The third-order valence-electron chi connectivity index (χ3n) is 4.36. The van der Waals surface area contributed by atoms with Crippen LogP contribution in [0.4, 0.5) is 0 Å². The highest BCUT2D eigenvalue weighted by molar-refractivity contribution is 6.00. The number of nitrogens with one attached hydrogen (secondary N) is 1. The Morgan fingerprint density at radius 1 is 1.04 bits per heavy atom. The Kier molecular flexibility index (Phi) is 5.54. The minimum Gasteiger partial charge on any atom is -0.486 e. The minimum absolute atomic E-state index is 0.158. The van der Waals surface area contributed by atoms with E-state index in [1.165, 1.54) is 7.11 Å². The van der Waals surface area contributed by atoms with Crippen LogP contribution in [0.2, 0.25) is 0 Å². The fourth-order valence-electron chi connectivity index (χ4n) is 2.80. The molecule has 0 aliphatic rings. The molecule has 0 radical (unpaired) electrons. The molecule has 0 fully saturated rings. The molecule has 2 aromatic heterocycles. The first kappa shape index (κ1) is 19.3. The number of furan rings is 1. The Labute approximate surface area is 162 Å². The van der Waals surface area contributed by atoms with E-state index < -0.39 is 5.97 Å². The molecule has 0 saturated carbocycles. The number of hydrogen-bond acceptors (Lipinski definition) is 5. The molecule has 0 spiro atoms. The molecule has 0 aliphatic heterocycles. The number of carbonyl (C=O) groups is 2. The van der Waals surface area contributed by atoms with E-state index in [1.54, 1.807) is 41.9 Å². The van der Waals surface area contributed by atoms with E-state index in [-0.39, 0.29) is 12.5 Å². The fourth-order valence-corrected chi connectivity index (χ4v) is 2.80. The lowest BCUT2D eigenvalue weighted by molar-refractivity contribution is 0.0598. The van der Waals surface area contributed by atoms with Gasteiger partial charge in [0.1, 0.15) is 29.4 Å². The van der Waals surface area contributed by atoms with Crippen molar-refractivity contribution in [1.82, 2.24) is 4.68 Å². The number of rotatable bonds is 6. The average molecular weight is 382 g/mol. The molecule has 146 valence electrons. The second-order valence-corrected chi connectivity index (χ2v) is 6.38. The molecule has 0 saturated heterocycles. The van der Waals surface area contributed by atoms with Gasteiger partial charge >= 0.3 is 5.97 Å². The van der Waals surface area contributed by atoms with Gasteiger partial charge in [-0.15, -0.1) is 0 Å². The summed E-state index contributed by atoms with van der Waals surface area (Å²) in [6.07, 6.45) is 0. The van der Waals surface area contributed by atoms with Gasteiger partial charge in [0.15, 0.2) is 0 Å².